The van der Waals surface area contributed by atoms with Gasteiger partial charge in [-0.2, -0.15) is 4.31 Å². The van der Waals surface area contributed by atoms with Crippen LogP contribution in [0.5, 0.6) is 0 Å². The Morgan fingerprint density at radius 1 is 1.21 bits per heavy atom. The van der Waals surface area contributed by atoms with Crippen molar-refractivity contribution >= 4 is 33.4 Å². The van der Waals surface area contributed by atoms with Gasteiger partial charge in [0.1, 0.15) is 4.90 Å². The first-order valence-electron chi connectivity index (χ1n) is 9.39. The molecule has 6 nitrogen and oxygen atoms in total. The van der Waals surface area contributed by atoms with Crippen molar-refractivity contribution in [2.24, 2.45) is 0 Å². The zero-order chi connectivity index (χ0) is 20.1. The number of aromatic nitrogens is 1. The minimum atomic E-state index is -3.46. The molecule has 0 atom stereocenters. The summed E-state index contributed by atoms with van der Waals surface area (Å²) in [6, 6.07) is 9.20. The Morgan fingerprint density at radius 2 is 1.96 bits per heavy atom. The van der Waals surface area contributed by atoms with Gasteiger partial charge >= 0.3 is 0 Å². The van der Waals surface area contributed by atoms with Crippen molar-refractivity contribution in [2.45, 2.75) is 43.0 Å². The van der Waals surface area contributed by atoms with Crippen LogP contribution in [0.3, 0.4) is 0 Å². The second-order valence-electron chi connectivity index (χ2n) is 6.74. The summed E-state index contributed by atoms with van der Waals surface area (Å²) in [4.78, 5) is 16.8. The van der Waals surface area contributed by atoms with Crippen LogP contribution in [0.25, 0.3) is 0 Å². The SMILES string of the molecule is CCc1cccc(C)c1NC(=O)CSc1ccc(S(=O)(=O)N2CCCC2)cn1. The molecule has 3 rings (SSSR count). The predicted molar refractivity (Wildman–Crippen MR) is 112 cm³/mol. The van der Waals surface area contributed by atoms with Crippen LogP contribution in [0, 0.1) is 6.92 Å². The molecule has 8 heteroatoms. The summed E-state index contributed by atoms with van der Waals surface area (Å²) in [5.74, 6) is 0.104. The molecule has 1 amide bonds. The van der Waals surface area contributed by atoms with Gasteiger partial charge in [0.2, 0.25) is 15.9 Å². The summed E-state index contributed by atoms with van der Waals surface area (Å²) in [6.07, 6.45) is 4.02. The number of thioether (sulfide) groups is 1. The molecule has 1 aromatic carbocycles. The van der Waals surface area contributed by atoms with Gasteiger partial charge < -0.3 is 5.32 Å². The molecule has 0 spiro atoms. The first-order chi connectivity index (χ1) is 13.4. The summed E-state index contributed by atoms with van der Waals surface area (Å²) >= 11 is 1.29. The number of para-hydroxylation sites is 1. The van der Waals surface area contributed by atoms with Gasteiger partial charge in [0.25, 0.3) is 0 Å². The lowest BCUT2D eigenvalue weighted by atomic mass is 10.1. The highest BCUT2D eigenvalue weighted by molar-refractivity contribution is 7.99. The van der Waals surface area contributed by atoms with Crippen molar-refractivity contribution < 1.29 is 13.2 Å². The maximum absolute atomic E-state index is 12.5. The van der Waals surface area contributed by atoms with E-state index in [-0.39, 0.29) is 16.6 Å². The number of nitrogens with zero attached hydrogens (tertiary/aromatic N) is 2. The lowest BCUT2D eigenvalue weighted by Crippen LogP contribution is -2.27. The number of carbonyl (C=O) groups excluding carboxylic acids is 1. The Labute approximate surface area is 170 Å². The van der Waals surface area contributed by atoms with Crippen LogP contribution < -0.4 is 5.32 Å². The molecule has 0 saturated carbocycles. The van der Waals surface area contributed by atoms with Crippen molar-refractivity contribution in [2.75, 3.05) is 24.2 Å². The summed E-state index contributed by atoms with van der Waals surface area (Å²) in [5.41, 5.74) is 3.01. The number of carbonyl (C=O) groups is 1. The zero-order valence-electron chi connectivity index (χ0n) is 16.1. The predicted octanol–water partition coefficient (Wildman–Crippen LogP) is 3.47. The number of sulfonamides is 1. The third-order valence-corrected chi connectivity index (χ3v) is 7.59. The molecule has 1 aliphatic heterocycles. The molecule has 0 unspecified atom stereocenters. The van der Waals surface area contributed by atoms with Crippen LogP contribution in [0.2, 0.25) is 0 Å². The van der Waals surface area contributed by atoms with E-state index in [1.165, 1.54) is 22.3 Å². The number of hydrogen-bond donors (Lipinski definition) is 1. The smallest absolute Gasteiger partial charge is 0.244 e. The van der Waals surface area contributed by atoms with Crippen molar-refractivity contribution in [1.82, 2.24) is 9.29 Å². The second kappa shape index (κ2) is 9.07. The summed E-state index contributed by atoms with van der Waals surface area (Å²) in [7, 11) is -3.46. The average Bonchev–Trinajstić information content (AvgIpc) is 3.24. The fourth-order valence-corrected chi connectivity index (χ4v) is 5.30. The van der Waals surface area contributed by atoms with Gasteiger partial charge in [0, 0.05) is 25.0 Å². The number of rotatable bonds is 7. The van der Waals surface area contributed by atoms with E-state index in [9.17, 15) is 13.2 Å². The second-order valence-corrected chi connectivity index (χ2v) is 9.68. The molecule has 28 heavy (non-hydrogen) atoms. The summed E-state index contributed by atoms with van der Waals surface area (Å²) in [5, 5.41) is 3.60. The average molecular weight is 420 g/mol. The molecule has 1 aromatic heterocycles. The van der Waals surface area contributed by atoms with E-state index in [0.29, 0.717) is 18.1 Å². The number of amides is 1. The number of anilines is 1. The van der Waals surface area contributed by atoms with Crippen LogP contribution in [0.4, 0.5) is 5.69 Å². The molecule has 0 bridgehead atoms. The van der Waals surface area contributed by atoms with Crippen LogP contribution in [-0.2, 0) is 21.2 Å². The Balaban J connectivity index is 1.60. The van der Waals surface area contributed by atoms with E-state index in [1.807, 2.05) is 25.1 Å². The highest BCUT2D eigenvalue weighted by atomic mass is 32.2. The van der Waals surface area contributed by atoms with Gasteiger partial charge in [-0.05, 0) is 49.4 Å². The van der Waals surface area contributed by atoms with Gasteiger partial charge in [-0.3, -0.25) is 4.79 Å². The number of benzene rings is 1. The number of nitrogens with one attached hydrogen (secondary N) is 1. The Morgan fingerprint density at radius 3 is 2.61 bits per heavy atom. The first kappa shape index (κ1) is 20.8. The maximum Gasteiger partial charge on any atom is 0.244 e. The lowest BCUT2D eigenvalue weighted by molar-refractivity contribution is -0.113. The van der Waals surface area contributed by atoms with E-state index in [0.717, 1.165) is 36.1 Å². The van der Waals surface area contributed by atoms with Crippen LogP contribution in [-0.4, -0.2) is 42.5 Å². The monoisotopic (exact) mass is 419 g/mol. The zero-order valence-corrected chi connectivity index (χ0v) is 17.8. The quantitative estimate of drug-likeness (QED) is 0.695. The van der Waals surface area contributed by atoms with Gasteiger partial charge in [0.05, 0.1) is 10.8 Å². The van der Waals surface area contributed by atoms with Crippen LogP contribution >= 0.6 is 11.8 Å². The van der Waals surface area contributed by atoms with Crippen molar-refractivity contribution in [1.29, 1.82) is 0 Å². The molecular weight excluding hydrogens is 394 g/mol. The molecular formula is C20H25N3O3S2. The molecule has 1 aliphatic rings. The van der Waals surface area contributed by atoms with Gasteiger partial charge in [0.15, 0.2) is 0 Å². The summed E-state index contributed by atoms with van der Waals surface area (Å²) in [6.45, 7) is 5.17. The van der Waals surface area contributed by atoms with E-state index in [1.54, 1.807) is 12.1 Å². The minimum absolute atomic E-state index is 0.107. The van der Waals surface area contributed by atoms with Gasteiger partial charge in [-0.1, -0.05) is 36.9 Å². The molecule has 0 aliphatic carbocycles. The summed E-state index contributed by atoms with van der Waals surface area (Å²) < 4.78 is 26.5. The van der Waals surface area contributed by atoms with Gasteiger partial charge in [-0.25, -0.2) is 13.4 Å². The molecule has 1 fully saturated rings. The molecule has 1 saturated heterocycles. The molecule has 2 aromatic rings. The van der Waals surface area contributed by atoms with E-state index >= 15 is 0 Å². The third kappa shape index (κ3) is 4.74. The van der Waals surface area contributed by atoms with Crippen molar-refractivity contribution in [3.05, 3.63) is 47.7 Å². The maximum atomic E-state index is 12.5. The highest BCUT2D eigenvalue weighted by Crippen LogP contribution is 2.24. The lowest BCUT2D eigenvalue weighted by Gasteiger charge is -2.15. The van der Waals surface area contributed by atoms with Gasteiger partial charge in [-0.15, -0.1) is 0 Å². The normalized spacial score (nSPS) is 14.9. The number of aryl methyl sites for hydroxylation is 2. The minimum Gasteiger partial charge on any atom is -0.325 e. The number of hydrogen-bond acceptors (Lipinski definition) is 5. The molecule has 150 valence electrons. The van der Waals surface area contributed by atoms with Crippen LogP contribution in [0.1, 0.15) is 30.9 Å². The molecule has 2 heterocycles. The standard InChI is InChI=1S/C20H25N3O3S2/c1-3-16-8-6-7-15(2)20(16)22-18(24)14-27-19-10-9-17(13-21-19)28(25,26)23-11-4-5-12-23/h6-10,13H,3-5,11-12,14H2,1-2H3,(H,22,24). The van der Waals surface area contributed by atoms with E-state index in [2.05, 4.69) is 17.2 Å². The van der Waals surface area contributed by atoms with Crippen molar-refractivity contribution in [3.63, 3.8) is 0 Å². The Kier molecular flexibility index (Phi) is 6.74. The van der Waals surface area contributed by atoms with E-state index in [4.69, 9.17) is 0 Å². The Bertz CT molecular complexity index is 938. The largest absolute Gasteiger partial charge is 0.325 e. The first-order valence-corrected chi connectivity index (χ1v) is 11.8. The Hall–Kier alpha value is -1.90. The third-order valence-electron chi connectivity index (χ3n) is 4.77. The number of pyridine rings is 1. The van der Waals surface area contributed by atoms with Crippen LogP contribution in [0.15, 0.2) is 46.5 Å². The van der Waals surface area contributed by atoms with E-state index < -0.39 is 10.0 Å². The fourth-order valence-electron chi connectivity index (χ4n) is 3.20. The molecule has 0 radical (unpaired) electrons. The topological polar surface area (TPSA) is 79.4 Å². The van der Waals surface area contributed by atoms with Crippen molar-refractivity contribution in [3.8, 4) is 0 Å². The fraction of sp³-hybridized carbons (Fsp3) is 0.400. The highest BCUT2D eigenvalue weighted by Gasteiger charge is 2.27. The molecule has 1 N–H and O–H groups in total.